The lowest BCUT2D eigenvalue weighted by Crippen LogP contribution is -2.42. The van der Waals surface area contributed by atoms with Crippen LogP contribution in [-0.2, 0) is 14.8 Å². The molecule has 30 heavy (non-hydrogen) atoms. The van der Waals surface area contributed by atoms with Gasteiger partial charge in [-0.25, -0.2) is 13.2 Å². The van der Waals surface area contributed by atoms with Crippen molar-refractivity contribution in [2.45, 2.75) is 25.2 Å². The second-order valence-corrected chi connectivity index (χ2v) is 9.15. The van der Waals surface area contributed by atoms with E-state index in [1.807, 2.05) is 18.7 Å². The molecule has 0 bridgehead atoms. The first-order valence-electron chi connectivity index (χ1n) is 10.0. The maximum absolute atomic E-state index is 13.1. The lowest BCUT2D eigenvalue weighted by molar-refractivity contribution is -0.132. The van der Waals surface area contributed by atoms with Crippen LogP contribution in [0.3, 0.4) is 0 Å². The summed E-state index contributed by atoms with van der Waals surface area (Å²) in [5.41, 5.74) is -1.00. The third-order valence-corrected chi connectivity index (χ3v) is 7.27. The number of nitrogens with one attached hydrogen (secondary N) is 2. The summed E-state index contributed by atoms with van der Waals surface area (Å²) in [7, 11) is -3.81. The average molecular weight is 438 g/mol. The Hall–Kier alpha value is -2.50. The molecule has 2 N–H and O–H groups in total. The molecule has 0 unspecified atom stereocenters. The summed E-state index contributed by atoms with van der Waals surface area (Å²) in [4.78, 5) is 44.1. The molecule has 0 atom stereocenters. The Labute approximate surface area is 174 Å². The summed E-state index contributed by atoms with van der Waals surface area (Å²) in [6.45, 7) is 7.11. The van der Waals surface area contributed by atoms with Crippen molar-refractivity contribution in [3.8, 4) is 0 Å². The lowest BCUT2D eigenvalue weighted by atomic mass is 10.2. The van der Waals surface area contributed by atoms with Gasteiger partial charge in [0.15, 0.2) is 0 Å². The number of hydrogen-bond donors (Lipinski definition) is 2. The van der Waals surface area contributed by atoms with Crippen LogP contribution < -0.4 is 11.2 Å². The molecule has 2 heterocycles. The number of H-pyrrole nitrogens is 2. The molecule has 164 valence electrons. The van der Waals surface area contributed by atoms with Gasteiger partial charge in [0.2, 0.25) is 15.9 Å². The van der Waals surface area contributed by atoms with Gasteiger partial charge in [-0.05, 0) is 45.0 Å². The van der Waals surface area contributed by atoms with Gasteiger partial charge in [0.25, 0.3) is 5.56 Å². The predicted octanol–water partition coefficient (Wildman–Crippen LogP) is -0.219. The minimum atomic E-state index is -3.81. The number of carbonyl (C=O) groups excluding carboxylic acids is 1. The summed E-state index contributed by atoms with van der Waals surface area (Å²) < 4.78 is 27.7. The van der Waals surface area contributed by atoms with E-state index in [0.717, 1.165) is 0 Å². The zero-order valence-electron chi connectivity index (χ0n) is 17.2. The number of aromatic amines is 2. The van der Waals surface area contributed by atoms with E-state index < -0.39 is 21.3 Å². The van der Waals surface area contributed by atoms with Gasteiger partial charge in [-0.3, -0.25) is 19.5 Å². The van der Waals surface area contributed by atoms with E-state index in [1.54, 1.807) is 4.90 Å². The average Bonchev–Trinajstić information content (AvgIpc) is 2.94. The van der Waals surface area contributed by atoms with Crippen LogP contribution in [0.1, 0.15) is 20.3 Å². The molecule has 1 aromatic carbocycles. The smallest absolute Gasteiger partial charge is 0.326 e. The maximum Gasteiger partial charge on any atom is 0.326 e. The summed E-state index contributed by atoms with van der Waals surface area (Å²) in [6, 6.07) is 4.09. The molecule has 0 spiro atoms. The van der Waals surface area contributed by atoms with Crippen molar-refractivity contribution in [3.63, 3.8) is 0 Å². The number of aromatic nitrogens is 2. The molecule has 1 aliphatic rings. The van der Waals surface area contributed by atoms with E-state index in [4.69, 9.17) is 0 Å². The van der Waals surface area contributed by atoms with Gasteiger partial charge in [-0.1, -0.05) is 0 Å². The van der Waals surface area contributed by atoms with Crippen molar-refractivity contribution >= 4 is 26.8 Å². The number of carbonyl (C=O) groups is 1. The van der Waals surface area contributed by atoms with E-state index in [9.17, 15) is 22.8 Å². The van der Waals surface area contributed by atoms with Crippen LogP contribution in [0.5, 0.6) is 0 Å². The number of hydrogen-bond acceptors (Lipinski definition) is 6. The molecule has 10 nitrogen and oxygen atoms in total. The number of likely N-dealkylation sites (N-methyl/N-ethyl adjacent to an activating group) is 1. The molecule has 0 saturated carbocycles. The van der Waals surface area contributed by atoms with E-state index >= 15 is 0 Å². The fourth-order valence-corrected chi connectivity index (χ4v) is 5.16. The van der Waals surface area contributed by atoms with Gasteiger partial charge in [-0.15, -0.1) is 0 Å². The monoisotopic (exact) mass is 437 g/mol. The number of amides is 1. The van der Waals surface area contributed by atoms with Crippen LogP contribution in [0.25, 0.3) is 10.9 Å². The van der Waals surface area contributed by atoms with Crippen LogP contribution >= 0.6 is 0 Å². The van der Waals surface area contributed by atoms with Crippen molar-refractivity contribution in [1.29, 1.82) is 0 Å². The van der Waals surface area contributed by atoms with Gasteiger partial charge >= 0.3 is 5.69 Å². The normalized spacial score (nSPS) is 16.5. The molecule has 0 aliphatic carbocycles. The van der Waals surface area contributed by atoms with Crippen molar-refractivity contribution in [2.75, 3.05) is 45.8 Å². The highest BCUT2D eigenvalue weighted by Crippen LogP contribution is 2.20. The van der Waals surface area contributed by atoms with Gasteiger partial charge in [0.1, 0.15) is 0 Å². The van der Waals surface area contributed by atoms with Crippen LogP contribution in [0.2, 0.25) is 0 Å². The SMILES string of the molecule is CCN(CC)C(=O)CN1CCCN(S(=O)(=O)c2ccc3[nH]c(=O)[nH]c(=O)c3c2)CC1. The highest BCUT2D eigenvalue weighted by molar-refractivity contribution is 7.89. The van der Waals surface area contributed by atoms with Gasteiger partial charge in [-0.2, -0.15) is 4.31 Å². The Kier molecular flexibility index (Phi) is 6.74. The summed E-state index contributed by atoms with van der Waals surface area (Å²) >= 11 is 0. The summed E-state index contributed by atoms with van der Waals surface area (Å²) in [5, 5.41) is 0.108. The Morgan fingerprint density at radius 1 is 1.07 bits per heavy atom. The maximum atomic E-state index is 13.1. The first-order valence-corrected chi connectivity index (χ1v) is 11.5. The van der Waals surface area contributed by atoms with Crippen LogP contribution in [0.15, 0.2) is 32.7 Å². The fourth-order valence-electron chi connectivity index (χ4n) is 3.67. The quantitative estimate of drug-likeness (QED) is 0.643. The van der Waals surface area contributed by atoms with Gasteiger partial charge in [0.05, 0.1) is 22.3 Å². The van der Waals surface area contributed by atoms with Crippen molar-refractivity contribution in [2.24, 2.45) is 0 Å². The Morgan fingerprint density at radius 2 is 1.80 bits per heavy atom. The molecular formula is C19H27N5O5S. The van der Waals surface area contributed by atoms with E-state index in [-0.39, 0.29) is 34.8 Å². The van der Waals surface area contributed by atoms with E-state index in [2.05, 4.69) is 9.97 Å². The predicted molar refractivity (Wildman–Crippen MR) is 113 cm³/mol. The Morgan fingerprint density at radius 3 is 2.50 bits per heavy atom. The largest absolute Gasteiger partial charge is 0.342 e. The zero-order valence-corrected chi connectivity index (χ0v) is 18.0. The topological polar surface area (TPSA) is 127 Å². The molecule has 0 radical (unpaired) electrons. The van der Waals surface area contributed by atoms with Crippen LogP contribution in [-0.4, -0.2) is 84.2 Å². The second kappa shape index (κ2) is 9.11. The van der Waals surface area contributed by atoms with Crippen LogP contribution in [0, 0.1) is 0 Å². The highest BCUT2D eigenvalue weighted by atomic mass is 32.2. The number of sulfonamides is 1. The summed E-state index contributed by atoms with van der Waals surface area (Å²) in [5.74, 6) is 0.0408. The van der Waals surface area contributed by atoms with E-state index in [0.29, 0.717) is 39.1 Å². The number of fused-ring (bicyclic) bond motifs is 1. The standard InChI is InChI=1S/C19H27N5O5S/c1-3-23(4-2)17(25)13-22-8-5-9-24(11-10-22)30(28,29)14-6-7-16-15(12-14)18(26)21-19(27)20-16/h6-7,12H,3-5,8-11,13H2,1-2H3,(H2,20,21,26,27). The van der Waals surface area contributed by atoms with E-state index in [1.165, 1.54) is 22.5 Å². The second-order valence-electron chi connectivity index (χ2n) is 7.22. The van der Waals surface area contributed by atoms with Crippen molar-refractivity contribution in [3.05, 3.63) is 39.0 Å². The minimum Gasteiger partial charge on any atom is -0.342 e. The first kappa shape index (κ1) is 22.2. The molecule has 2 aromatic rings. The third kappa shape index (κ3) is 4.63. The fraction of sp³-hybridized carbons (Fsp3) is 0.526. The number of benzene rings is 1. The van der Waals surface area contributed by atoms with Crippen molar-refractivity contribution in [1.82, 2.24) is 24.1 Å². The first-order chi connectivity index (χ1) is 14.3. The third-order valence-electron chi connectivity index (χ3n) is 5.37. The molecule has 11 heteroatoms. The number of nitrogens with zero attached hydrogens (tertiary/aromatic N) is 3. The van der Waals surface area contributed by atoms with Gasteiger partial charge < -0.3 is 9.88 Å². The zero-order chi connectivity index (χ0) is 21.9. The molecule has 1 aromatic heterocycles. The molecule has 1 amide bonds. The summed E-state index contributed by atoms with van der Waals surface area (Å²) in [6.07, 6.45) is 0.603. The Balaban J connectivity index is 1.77. The molecular weight excluding hydrogens is 410 g/mol. The Bertz CT molecular complexity index is 1140. The molecule has 3 rings (SSSR count). The van der Waals surface area contributed by atoms with Crippen LogP contribution in [0.4, 0.5) is 0 Å². The number of rotatable bonds is 6. The van der Waals surface area contributed by atoms with Gasteiger partial charge in [0, 0.05) is 32.7 Å². The lowest BCUT2D eigenvalue weighted by Gasteiger charge is -2.25. The highest BCUT2D eigenvalue weighted by Gasteiger charge is 2.28. The molecule has 1 aliphatic heterocycles. The minimum absolute atomic E-state index is 0.000200. The molecule has 1 fully saturated rings. The van der Waals surface area contributed by atoms with Crippen molar-refractivity contribution < 1.29 is 13.2 Å². The molecule has 1 saturated heterocycles.